The highest BCUT2D eigenvalue weighted by Crippen LogP contribution is 2.32. The predicted octanol–water partition coefficient (Wildman–Crippen LogP) is 4.32. The quantitative estimate of drug-likeness (QED) is 0.642. The number of hydrogen-bond donors (Lipinski definition) is 1. The fourth-order valence-corrected chi connectivity index (χ4v) is 4.62. The molecule has 2 aromatic carbocycles. The Morgan fingerprint density at radius 3 is 2.59 bits per heavy atom. The third-order valence-electron chi connectivity index (χ3n) is 7.17. The van der Waals surface area contributed by atoms with Crippen molar-refractivity contribution in [3.05, 3.63) is 59.2 Å². The molecule has 1 aliphatic heterocycles. The maximum Gasteiger partial charge on any atom is 0.257 e. The summed E-state index contributed by atoms with van der Waals surface area (Å²) >= 11 is 0. The smallest absolute Gasteiger partial charge is 0.257 e. The monoisotopic (exact) mass is 515 g/mol. The Kier molecular flexibility index (Phi) is 8.44. The van der Waals surface area contributed by atoms with E-state index < -0.39 is 11.6 Å². The van der Waals surface area contributed by atoms with Crippen molar-refractivity contribution in [2.45, 2.75) is 45.4 Å². The lowest BCUT2D eigenvalue weighted by molar-refractivity contribution is -0.117. The fourth-order valence-electron chi connectivity index (χ4n) is 4.62. The number of fused-ring (bicyclic) bond motifs is 1. The molecule has 0 unspecified atom stereocenters. The van der Waals surface area contributed by atoms with Crippen molar-refractivity contribution in [1.82, 2.24) is 9.80 Å². The minimum Gasteiger partial charge on any atom is -0.491 e. The first-order chi connectivity index (χ1) is 17.7. The zero-order valence-corrected chi connectivity index (χ0v) is 21.8. The number of anilines is 1. The van der Waals surface area contributed by atoms with Gasteiger partial charge in [0.1, 0.15) is 24.0 Å². The standard InChI is InChI=1S/C28H35F2N3O4/c1-17-13-33(14-20-11-21(29)7-9-24(20)30)18(2)16-37-25-10-8-22(31-27(34)19-5-6-19)12-23(25)28(35)32(3)15-26(17)36-4/h7-12,17-19,26H,5-6,13-16H2,1-4H3,(H,31,34)/t17-,18-,26+/m0/s1. The highest BCUT2D eigenvalue weighted by molar-refractivity contribution is 6.00. The summed E-state index contributed by atoms with van der Waals surface area (Å²) in [6, 6.07) is 8.35. The van der Waals surface area contributed by atoms with Gasteiger partial charge in [0.2, 0.25) is 5.91 Å². The lowest BCUT2D eigenvalue weighted by Crippen LogP contribution is -2.46. The maximum absolute atomic E-state index is 14.5. The first-order valence-corrected chi connectivity index (χ1v) is 12.7. The fraction of sp³-hybridized carbons (Fsp3) is 0.500. The van der Waals surface area contributed by atoms with Gasteiger partial charge in [-0.2, -0.15) is 0 Å². The van der Waals surface area contributed by atoms with Crippen LogP contribution in [0.2, 0.25) is 0 Å². The van der Waals surface area contributed by atoms with Crippen LogP contribution in [0.4, 0.5) is 14.5 Å². The van der Waals surface area contributed by atoms with E-state index in [0.29, 0.717) is 30.1 Å². The molecule has 1 saturated carbocycles. The number of hydrogen-bond acceptors (Lipinski definition) is 5. The molecule has 0 saturated heterocycles. The van der Waals surface area contributed by atoms with E-state index in [1.54, 1.807) is 37.3 Å². The van der Waals surface area contributed by atoms with Crippen molar-refractivity contribution in [3.8, 4) is 5.75 Å². The normalized spacial score (nSPS) is 23.5. The number of benzene rings is 2. The van der Waals surface area contributed by atoms with Crippen molar-refractivity contribution < 1.29 is 27.8 Å². The molecule has 2 amide bonds. The second kappa shape index (κ2) is 11.6. The van der Waals surface area contributed by atoms with E-state index in [4.69, 9.17) is 9.47 Å². The molecule has 0 bridgehead atoms. The number of rotatable bonds is 5. The molecule has 4 rings (SSSR count). The molecular weight excluding hydrogens is 480 g/mol. The van der Waals surface area contributed by atoms with Gasteiger partial charge in [0, 0.05) is 57.0 Å². The minimum absolute atomic E-state index is 0.0256. The van der Waals surface area contributed by atoms with Crippen LogP contribution in [0.1, 0.15) is 42.6 Å². The first kappa shape index (κ1) is 27.0. The molecule has 37 heavy (non-hydrogen) atoms. The number of nitrogens with zero attached hydrogens (tertiary/aromatic N) is 2. The maximum atomic E-state index is 14.5. The number of carbonyl (C=O) groups excluding carboxylic acids is 2. The van der Waals surface area contributed by atoms with E-state index in [1.807, 2.05) is 18.7 Å². The first-order valence-electron chi connectivity index (χ1n) is 12.7. The second-order valence-electron chi connectivity index (χ2n) is 10.2. The predicted molar refractivity (Wildman–Crippen MR) is 136 cm³/mol. The molecule has 1 heterocycles. The number of likely N-dealkylation sites (N-methyl/N-ethyl adjacent to an activating group) is 1. The van der Waals surface area contributed by atoms with Gasteiger partial charge >= 0.3 is 0 Å². The van der Waals surface area contributed by atoms with Gasteiger partial charge in [-0.25, -0.2) is 8.78 Å². The highest BCUT2D eigenvalue weighted by atomic mass is 19.1. The Labute approximate surface area is 216 Å². The molecule has 200 valence electrons. The molecule has 0 spiro atoms. The Morgan fingerprint density at radius 2 is 1.89 bits per heavy atom. The SMILES string of the molecule is CO[C@@H]1CN(C)C(=O)c2cc(NC(=O)C3CC3)ccc2OC[C@H](C)N(Cc2cc(F)ccc2F)C[C@@H]1C. The molecule has 2 aliphatic rings. The van der Waals surface area contributed by atoms with E-state index >= 15 is 0 Å². The molecule has 3 atom stereocenters. The molecule has 1 fully saturated rings. The summed E-state index contributed by atoms with van der Waals surface area (Å²) in [5.74, 6) is -0.830. The van der Waals surface area contributed by atoms with Crippen LogP contribution in [0.5, 0.6) is 5.75 Å². The summed E-state index contributed by atoms with van der Waals surface area (Å²) in [6.45, 7) is 5.24. The number of halogens is 2. The van der Waals surface area contributed by atoms with E-state index in [9.17, 15) is 18.4 Å². The Hall–Kier alpha value is -3.04. The van der Waals surface area contributed by atoms with Crippen LogP contribution in [0.25, 0.3) is 0 Å². The lowest BCUT2D eigenvalue weighted by Gasteiger charge is -2.36. The molecular formula is C28H35F2N3O4. The summed E-state index contributed by atoms with van der Waals surface area (Å²) < 4.78 is 40.2. The van der Waals surface area contributed by atoms with Crippen LogP contribution in [0.15, 0.2) is 36.4 Å². The molecule has 0 aromatic heterocycles. The summed E-state index contributed by atoms with van der Waals surface area (Å²) in [4.78, 5) is 29.4. The van der Waals surface area contributed by atoms with Crippen LogP contribution >= 0.6 is 0 Å². The van der Waals surface area contributed by atoms with E-state index in [1.165, 1.54) is 6.07 Å². The Bertz CT molecular complexity index is 1140. The summed E-state index contributed by atoms with van der Waals surface area (Å²) in [5.41, 5.74) is 1.15. The van der Waals surface area contributed by atoms with Crippen LogP contribution in [0, 0.1) is 23.5 Å². The van der Waals surface area contributed by atoms with Gasteiger partial charge in [-0.05, 0) is 62.1 Å². The van der Waals surface area contributed by atoms with Gasteiger partial charge in [-0.3, -0.25) is 14.5 Å². The highest BCUT2D eigenvalue weighted by Gasteiger charge is 2.31. The van der Waals surface area contributed by atoms with Crippen molar-refractivity contribution in [2.75, 3.05) is 39.2 Å². The van der Waals surface area contributed by atoms with Crippen molar-refractivity contribution in [1.29, 1.82) is 0 Å². The Morgan fingerprint density at radius 1 is 1.14 bits per heavy atom. The van der Waals surface area contributed by atoms with E-state index in [-0.39, 0.29) is 54.5 Å². The van der Waals surface area contributed by atoms with Gasteiger partial charge < -0.3 is 19.7 Å². The van der Waals surface area contributed by atoms with Crippen molar-refractivity contribution in [2.24, 2.45) is 11.8 Å². The van der Waals surface area contributed by atoms with Gasteiger partial charge in [0.15, 0.2) is 0 Å². The Balaban J connectivity index is 1.63. The molecule has 7 nitrogen and oxygen atoms in total. The average Bonchev–Trinajstić information content (AvgIpc) is 3.72. The van der Waals surface area contributed by atoms with Gasteiger partial charge in [-0.15, -0.1) is 0 Å². The zero-order valence-electron chi connectivity index (χ0n) is 21.8. The number of nitrogens with one attached hydrogen (secondary N) is 1. The number of amides is 2. The molecule has 9 heteroatoms. The van der Waals surface area contributed by atoms with E-state index in [0.717, 1.165) is 25.0 Å². The van der Waals surface area contributed by atoms with Crippen LogP contribution in [-0.2, 0) is 16.1 Å². The van der Waals surface area contributed by atoms with E-state index in [2.05, 4.69) is 5.32 Å². The van der Waals surface area contributed by atoms with Crippen molar-refractivity contribution >= 4 is 17.5 Å². The van der Waals surface area contributed by atoms with Crippen LogP contribution < -0.4 is 10.1 Å². The summed E-state index contributed by atoms with van der Waals surface area (Å²) in [6.07, 6.45) is 1.47. The number of carbonyl (C=O) groups is 2. The number of methoxy groups -OCH3 is 1. The van der Waals surface area contributed by atoms with Crippen LogP contribution in [0.3, 0.4) is 0 Å². The summed E-state index contributed by atoms with van der Waals surface area (Å²) in [7, 11) is 3.31. The third-order valence-corrected chi connectivity index (χ3v) is 7.17. The number of ether oxygens (including phenoxy) is 2. The zero-order chi connectivity index (χ0) is 26.7. The molecule has 1 N–H and O–H groups in total. The van der Waals surface area contributed by atoms with Gasteiger partial charge in [-0.1, -0.05) is 6.92 Å². The van der Waals surface area contributed by atoms with Crippen molar-refractivity contribution in [3.63, 3.8) is 0 Å². The minimum atomic E-state index is -0.490. The average molecular weight is 516 g/mol. The topological polar surface area (TPSA) is 71.1 Å². The second-order valence-corrected chi connectivity index (χ2v) is 10.2. The lowest BCUT2D eigenvalue weighted by atomic mass is 10.0. The largest absolute Gasteiger partial charge is 0.491 e. The van der Waals surface area contributed by atoms with Gasteiger partial charge in [0.25, 0.3) is 5.91 Å². The van der Waals surface area contributed by atoms with Gasteiger partial charge in [0.05, 0.1) is 11.7 Å². The summed E-state index contributed by atoms with van der Waals surface area (Å²) in [5, 5.41) is 2.89. The molecule has 1 aliphatic carbocycles. The third kappa shape index (κ3) is 6.64. The molecule has 0 radical (unpaired) electrons. The molecule has 2 aromatic rings. The van der Waals surface area contributed by atoms with Crippen LogP contribution in [-0.4, -0.2) is 67.6 Å².